The molecule has 0 saturated carbocycles. The van der Waals surface area contributed by atoms with Gasteiger partial charge in [-0.3, -0.25) is 0 Å². The number of hydrogen-bond donors (Lipinski definition) is 1. The smallest absolute Gasteiger partial charge is 0.142 e. The van der Waals surface area contributed by atoms with E-state index in [0.717, 1.165) is 6.07 Å². The van der Waals surface area contributed by atoms with Gasteiger partial charge in [-0.15, -0.1) is 0 Å². The average Bonchev–Trinajstić information content (AvgIpc) is 2.06. The topological polar surface area (TPSA) is 37.3 Å². The van der Waals surface area contributed by atoms with Crippen LogP contribution in [-0.4, -0.2) is 11.4 Å². The molecule has 1 aromatic carbocycles. The van der Waals surface area contributed by atoms with Gasteiger partial charge in [-0.05, 0) is 12.1 Å². The summed E-state index contributed by atoms with van der Waals surface area (Å²) in [5, 5.41) is 8.94. The molecule has 0 aliphatic rings. The van der Waals surface area contributed by atoms with E-state index in [2.05, 4.69) is 0 Å². The maximum absolute atomic E-state index is 12.7. The lowest BCUT2D eigenvalue weighted by Crippen LogP contribution is -1.91. The number of phenols is 1. The van der Waals surface area contributed by atoms with Crippen LogP contribution in [0.2, 0.25) is 5.02 Å². The Bertz CT molecular complexity index is 312. The highest BCUT2D eigenvalue weighted by Gasteiger charge is 2.09. The molecular weight excluding hydrogens is 183 g/mol. The first-order chi connectivity index (χ1) is 5.66. The van der Waals surface area contributed by atoms with E-state index in [4.69, 9.17) is 16.7 Å². The molecule has 0 aliphatic carbocycles. The number of halogens is 2. The van der Waals surface area contributed by atoms with E-state index in [-0.39, 0.29) is 22.8 Å². The molecular formula is C8H6ClFO2. The maximum atomic E-state index is 12.7. The van der Waals surface area contributed by atoms with Gasteiger partial charge in [-0.2, -0.15) is 0 Å². The first-order valence-electron chi connectivity index (χ1n) is 3.26. The fraction of sp³-hybridized carbons (Fsp3) is 0.125. The molecule has 4 heteroatoms. The molecule has 0 bridgehead atoms. The van der Waals surface area contributed by atoms with Crippen LogP contribution in [0.25, 0.3) is 0 Å². The lowest BCUT2D eigenvalue weighted by atomic mass is 10.1. The van der Waals surface area contributed by atoms with Crippen molar-refractivity contribution in [2.24, 2.45) is 0 Å². The lowest BCUT2D eigenvalue weighted by Gasteiger charge is -2.03. The Morgan fingerprint density at radius 1 is 1.58 bits per heavy atom. The van der Waals surface area contributed by atoms with Gasteiger partial charge in [0.05, 0.1) is 5.02 Å². The first-order valence-corrected chi connectivity index (χ1v) is 3.64. The van der Waals surface area contributed by atoms with Crippen molar-refractivity contribution >= 4 is 17.9 Å². The summed E-state index contributed by atoms with van der Waals surface area (Å²) in [7, 11) is 0. The molecule has 1 rings (SSSR count). The molecule has 0 atom stereocenters. The molecule has 0 aromatic heterocycles. The zero-order chi connectivity index (χ0) is 9.14. The Kier molecular flexibility index (Phi) is 2.65. The number of hydrogen-bond acceptors (Lipinski definition) is 2. The van der Waals surface area contributed by atoms with Crippen molar-refractivity contribution in [1.29, 1.82) is 0 Å². The third kappa shape index (κ3) is 1.56. The largest absolute Gasteiger partial charge is 0.508 e. The minimum Gasteiger partial charge on any atom is -0.508 e. The molecule has 0 amide bonds. The molecule has 0 spiro atoms. The Balaban J connectivity index is 3.22. The molecule has 12 heavy (non-hydrogen) atoms. The van der Waals surface area contributed by atoms with E-state index in [0.29, 0.717) is 6.29 Å². The van der Waals surface area contributed by atoms with Gasteiger partial charge in [0.1, 0.15) is 17.9 Å². The number of benzene rings is 1. The van der Waals surface area contributed by atoms with Crippen molar-refractivity contribution in [2.45, 2.75) is 6.42 Å². The number of aldehydes is 1. The molecule has 0 heterocycles. The third-order valence-electron chi connectivity index (χ3n) is 1.46. The van der Waals surface area contributed by atoms with Gasteiger partial charge in [0.2, 0.25) is 0 Å². The van der Waals surface area contributed by atoms with E-state index in [1.807, 2.05) is 0 Å². The van der Waals surface area contributed by atoms with Crippen LogP contribution in [0.1, 0.15) is 5.56 Å². The molecule has 64 valence electrons. The Morgan fingerprint density at radius 2 is 2.25 bits per heavy atom. The van der Waals surface area contributed by atoms with Gasteiger partial charge in [0.15, 0.2) is 0 Å². The van der Waals surface area contributed by atoms with Crippen molar-refractivity contribution in [1.82, 2.24) is 0 Å². The molecule has 0 saturated heterocycles. The molecule has 1 aromatic rings. The molecule has 0 fully saturated rings. The normalized spacial score (nSPS) is 9.83. The van der Waals surface area contributed by atoms with Gasteiger partial charge in [0, 0.05) is 12.0 Å². The van der Waals surface area contributed by atoms with Gasteiger partial charge in [-0.25, -0.2) is 4.39 Å². The van der Waals surface area contributed by atoms with Crippen LogP contribution in [0.4, 0.5) is 4.39 Å². The van der Waals surface area contributed by atoms with Crippen LogP contribution in [0.5, 0.6) is 5.75 Å². The highest BCUT2D eigenvalue weighted by Crippen LogP contribution is 2.27. The lowest BCUT2D eigenvalue weighted by molar-refractivity contribution is -0.107. The molecule has 1 N–H and O–H groups in total. The third-order valence-corrected chi connectivity index (χ3v) is 1.87. The average molecular weight is 189 g/mol. The Labute approximate surface area is 73.6 Å². The van der Waals surface area contributed by atoms with Crippen LogP contribution in [0, 0.1) is 5.82 Å². The maximum Gasteiger partial charge on any atom is 0.142 e. The summed E-state index contributed by atoms with van der Waals surface area (Å²) in [5.74, 6) is -0.792. The highest BCUT2D eigenvalue weighted by molar-refractivity contribution is 6.31. The standard InChI is InChI=1S/C8H6ClFO2/c9-8-5(3-4-11)7(12)2-1-6(8)10/h1-2,4,12H,3H2. The zero-order valence-electron chi connectivity index (χ0n) is 6.05. The van der Waals surface area contributed by atoms with Gasteiger partial charge in [0.25, 0.3) is 0 Å². The van der Waals surface area contributed by atoms with Gasteiger partial charge < -0.3 is 9.90 Å². The fourth-order valence-corrected chi connectivity index (χ4v) is 1.10. The van der Waals surface area contributed by atoms with Crippen LogP contribution >= 0.6 is 11.6 Å². The number of phenolic OH excluding ortho intramolecular Hbond substituents is 1. The zero-order valence-corrected chi connectivity index (χ0v) is 6.81. The molecule has 2 nitrogen and oxygen atoms in total. The first kappa shape index (κ1) is 9.00. The summed E-state index contributed by atoms with van der Waals surface area (Å²) < 4.78 is 12.7. The van der Waals surface area contributed by atoms with Crippen molar-refractivity contribution in [3.05, 3.63) is 28.5 Å². The van der Waals surface area contributed by atoms with Crippen molar-refractivity contribution in [3.8, 4) is 5.75 Å². The van der Waals surface area contributed by atoms with E-state index in [9.17, 15) is 9.18 Å². The SMILES string of the molecule is O=CCc1c(O)ccc(F)c1Cl. The van der Waals surface area contributed by atoms with Crippen molar-refractivity contribution in [2.75, 3.05) is 0 Å². The van der Waals surface area contributed by atoms with Crippen molar-refractivity contribution in [3.63, 3.8) is 0 Å². The van der Waals surface area contributed by atoms with Crippen LogP contribution in [0.3, 0.4) is 0 Å². The second-order valence-corrected chi connectivity index (χ2v) is 2.61. The minimum atomic E-state index is -0.633. The van der Waals surface area contributed by atoms with E-state index in [1.54, 1.807) is 0 Å². The van der Waals surface area contributed by atoms with Crippen molar-refractivity contribution < 1.29 is 14.3 Å². The summed E-state index contributed by atoms with van der Waals surface area (Å²) in [6.45, 7) is 0. The summed E-state index contributed by atoms with van der Waals surface area (Å²) in [6, 6.07) is 2.21. The van der Waals surface area contributed by atoms with E-state index < -0.39 is 5.82 Å². The molecule has 0 aliphatic heterocycles. The number of carbonyl (C=O) groups excluding carboxylic acids is 1. The molecule has 0 radical (unpaired) electrons. The summed E-state index contributed by atoms with van der Waals surface area (Å²) in [5.41, 5.74) is 0.131. The number of rotatable bonds is 2. The van der Waals surface area contributed by atoms with Crippen LogP contribution in [-0.2, 0) is 11.2 Å². The second kappa shape index (κ2) is 3.54. The molecule has 0 unspecified atom stereocenters. The quantitative estimate of drug-likeness (QED) is 0.720. The summed E-state index contributed by atoms with van der Waals surface area (Å²) in [4.78, 5) is 10.1. The van der Waals surface area contributed by atoms with Gasteiger partial charge >= 0.3 is 0 Å². The number of carbonyl (C=O) groups is 1. The predicted octanol–water partition coefficient (Wildman–Crippen LogP) is 1.93. The van der Waals surface area contributed by atoms with Gasteiger partial charge in [-0.1, -0.05) is 11.6 Å². The monoisotopic (exact) mass is 188 g/mol. The van der Waals surface area contributed by atoms with E-state index >= 15 is 0 Å². The van der Waals surface area contributed by atoms with Crippen LogP contribution < -0.4 is 0 Å². The highest BCUT2D eigenvalue weighted by atomic mass is 35.5. The minimum absolute atomic E-state index is 0.0809. The summed E-state index contributed by atoms with van der Waals surface area (Å²) in [6.07, 6.45) is 0.475. The Morgan fingerprint density at radius 3 is 2.83 bits per heavy atom. The van der Waals surface area contributed by atoms with E-state index in [1.165, 1.54) is 6.07 Å². The predicted molar refractivity (Wildman–Crippen MR) is 42.8 cm³/mol. The second-order valence-electron chi connectivity index (χ2n) is 2.23. The fourth-order valence-electron chi connectivity index (χ4n) is 0.860. The Hall–Kier alpha value is -1.09. The summed E-state index contributed by atoms with van der Waals surface area (Å²) >= 11 is 5.48. The number of aromatic hydroxyl groups is 1. The van der Waals surface area contributed by atoms with Crippen LogP contribution in [0.15, 0.2) is 12.1 Å².